The number of furan rings is 1. The molecule has 0 N–H and O–H groups in total. The van der Waals surface area contributed by atoms with E-state index in [1.54, 1.807) is 13.4 Å². The molecular weight excluding hydrogens is 452 g/mol. The van der Waals surface area contributed by atoms with Crippen LogP contribution in [0.15, 0.2) is 71.3 Å². The molecule has 1 fully saturated rings. The first-order valence-electron chi connectivity index (χ1n) is 11.2. The van der Waals surface area contributed by atoms with Gasteiger partial charge in [-0.1, -0.05) is 29.8 Å². The van der Waals surface area contributed by atoms with Crippen LogP contribution in [0.3, 0.4) is 0 Å². The molecule has 0 spiro atoms. The zero-order valence-corrected chi connectivity index (χ0v) is 20.2. The van der Waals surface area contributed by atoms with Crippen LogP contribution in [-0.2, 0) is 6.54 Å². The van der Waals surface area contributed by atoms with Crippen molar-refractivity contribution in [3.63, 3.8) is 0 Å². The highest BCUT2D eigenvalue weighted by molar-refractivity contribution is 5.85. The van der Waals surface area contributed by atoms with Crippen LogP contribution in [0.2, 0.25) is 0 Å². The minimum Gasteiger partial charge on any atom is -0.497 e. The highest BCUT2D eigenvalue weighted by atomic mass is 35.5. The predicted molar refractivity (Wildman–Crippen MR) is 133 cm³/mol. The number of methoxy groups -OCH3 is 1. The lowest BCUT2D eigenvalue weighted by Gasteiger charge is -2.40. The van der Waals surface area contributed by atoms with Crippen molar-refractivity contribution in [2.45, 2.75) is 19.5 Å². The summed E-state index contributed by atoms with van der Waals surface area (Å²) in [5.74, 6) is 2.53. The molecule has 1 unspecified atom stereocenters. The first-order chi connectivity index (χ1) is 16.2. The number of anilines is 1. The smallest absolute Gasteiger partial charge is 0.173 e. The van der Waals surface area contributed by atoms with Crippen LogP contribution in [0.5, 0.6) is 5.75 Å². The average Bonchev–Trinajstić information content (AvgIpc) is 3.54. The van der Waals surface area contributed by atoms with E-state index in [1.807, 2.05) is 28.9 Å². The van der Waals surface area contributed by atoms with E-state index in [9.17, 15) is 0 Å². The van der Waals surface area contributed by atoms with Crippen LogP contribution in [0, 0.1) is 6.92 Å². The van der Waals surface area contributed by atoms with Crippen LogP contribution >= 0.6 is 12.4 Å². The molecule has 2 aromatic carbocycles. The molecular formula is C25H29ClN6O2. The van der Waals surface area contributed by atoms with Gasteiger partial charge >= 0.3 is 0 Å². The van der Waals surface area contributed by atoms with Crippen molar-refractivity contribution < 1.29 is 9.15 Å². The number of nitrogens with zero attached hydrogens (tertiary/aromatic N) is 6. The highest BCUT2D eigenvalue weighted by Gasteiger charge is 2.31. The molecule has 34 heavy (non-hydrogen) atoms. The van der Waals surface area contributed by atoms with Crippen LogP contribution < -0.4 is 9.64 Å². The van der Waals surface area contributed by atoms with Gasteiger partial charge in [0.15, 0.2) is 5.82 Å². The van der Waals surface area contributed by atoms with E-state index >= 15 is 0 Å². The fourth-order valence-electron chi connectivity index (χ4n) is 4.37. The lowest BCUT2D eigenvalue weighted by molar-refractivity contribution is 0.201. The Morgan fingerprint density at radius 1 is 0.971 bits per heavy atom. The molecule has 5 rings (SSSR count). The van der Waals surface area contributed by atoms with E-state index in [4.69, 9.17) is 9.15 Å². The van der Waals surface area contributed by atoms with Gasteiger partial charge in [-0.05, 0) is 59.3 Å². The monoisotopic (exact) mass is 480 g/mol. The number of halogens is 1. The number of benzene rings is 2. The minimum absolute atomic E-state index is 0. The minimum atomic E-state index is -0.0337. The van der Waals surface area contributed by atoms with Gasteiger partial charge in [0.25, 0.3) is 0 Å². The average molecular weight is 481 g/mol. The third-order valence-corrected chi connectivity index (χ3v) is 6.20. The van der Waals surface area contributed by atoms with E-state index in [0.29, 0.717) is 6.54 Å². The molecule has 1 aliphatic heterocycles. The largest absolute Gasteiger partial charge is 0.497 e. The molecule has 1 saturated heterocycles. The van der Waals surface area contributed by atoms with Crippen LogP contribution in [0.4, 0.5) is 5.69 Å². The van der Waals surface area contributed by atoms with Gasteiger partial charge in [0.05, 0.1) is 19.4 Å². The lowest BCUT2D eigenvalue weighted by atomic mass is 10.0. The maximum atomic E-state index is 5.54. The Hall–Kier alpha value is -3.36. The van der Waals surface area contributed by atoms with Crippen molar-refractivity contribution in [2.24, 2.45) is 0 Å². The summed E-state index contributed by atoms with van der Waals surface area (Å²) >= 11 is 0. The third kappa shape index (κ3) is 5.08. The Kier molecular flexibility index (Phi) is 7.49. The standard InChI is InChI=1S/C25H28N6O2.ClH/c1-19-5-7-20(8-6-19)24(25-26-27-28-31(25)18-23-4-3-17-33-23)30-15-13-29(14-16-30)21-9-11-22(32-2)12-10-21;/h3-12,17,24H,13-16,18H2,1-2H3;1H. The third-order valence-electron chi connectivity index (χ3n) is 6.20. The zero-order chi connectivity index (χ0) is 22.6. The van der Waals surface area contributed by atoms with Gasteiger partial charge in [0.1, 0.15) is 18.1 Å². The number of hydrogen-bond acceptors (Lipinski definition) is 7. The van der Waals surface area contributed by atoms with Crippen molar-refractivity contribution in [3.8, 4) is 5.75 Å². The number of rotatable bonds is 7. The molecule has 9 heteroatoms. The number of ether oxygens (including phenoxy) is 1. The summed E-state index contributed by atoms with van der Waals surface area (Å²) in [6.07, 6.45) is 1.68. The molecule has 1 aliphatic rings. The second-order valence-corrected chi connectivity index (χ2v) is 8.31. The zero-order valence-electron chi connectivity index (χ0n) is 19.4. The lowest BCUT2D eigenvalue weighted by Crippen LogP contribution is -2.48. The molecule has 178 valence electrons. The molecule has 8 nitrogen and oxygen atoms in total. The van der Waals surface area contributed by atoms with E-state index in [-0.39, 0.29) is 18.4 Å². The van der Waals surface area contributed by atoms with Gasteiger partial charge in [-0.2, -0.15) is 0 Å². The van der Waals surface area contributed by atoms with Crippen LogP contribution in [0.1, 0.15) is 28.8 Å². The second-order valence-electron chi connectivity index (χ2n) is 8.31. The summed E-state index contributed by atoms with van der Waals surface area (Å²) in [7, 11) is 1.69. The van der Waals surface area contributed by atoms with Gasteiger partial charge in [-0.15, -0.1) is 17.5 Å². The van der Waals surface area contributed by atoms with Gasteiger partial charge in [0, 0.05) is 31.9 Å². The summed E-state index contributed by atoms with van der Waals surface area (Å²) in [6, 6.07) is 20.7. The van der Waals surface area contributed by atoms with Gasteiger partial charge in [-0.3, -0.25) is 4.90 Å². The normalized spacial score (nSPS) is 15.1. The molecule has 4 aromatic rings. The van der Waals surface area contributed by atoms with Crippen LogP contribution in [-0.4, -0.2) is 58.4 Å². The first kappa shape index (κ1) is 23.8. The van der Waals surface area contributed by atoms with E-state index in [0.717, 1.165) is 43.5 Å². The van der Waals surface area contributed by atoms with Crippen molar-refractivity contribution in [2.75, 3.05) is 38.2 Å². The van der Waals surface area contributed by atoms with Gasteiger partial charge < -0.3 is 14.1 Å². The van der Waals surface area contributed by atoms with E-state index < -0.39 is 0 Å². The van der Waals surface area contributed by atoms with Crippen molar-refractivity contribution in [1.82, 2.24) is 25.1 Å². The Bertz CT molecular complexity index is 1150. The maximum Gasteiger partial charge on any atom is 0.173 e. The Morgan fingerprint density at radius 3 is 2.35 bits per heavy atom. The van der Waals surface area contributed by atoms with Crippen molar-refractivity contribution in [1.29, 1.82) is 0 Å². The topological polar surface area (TPSA) is 72.5 Å². The molecule has 0 radical (unpaired) electrons. The number of tetrazole rings is 1. The summed E-state index contributed by atoms with van der Waals surface area (Å²) in [5, 5.41) is 12.7. The molecule has 2 aromatic heterocycles. The predicted octanol–water partition coefficient (Wildman–Crippen LogP) is 3.96. The molecule has 0 aliphatic carbocycles. The Balaban J connectivity index is 0.00000274. The summed E-state index contributed by atoms with van der Waals surface area (Å²) in [6.45, 7) is 6.26. The SMILES string of the molecule is COc1ccc(N2CCN(C(c3ccc(C)cc3)c3nnnn3Cc3ccco3)CC2)cc1.Cl. The summed E-state index contributed by atoms with van der Waals surface area (Å²) < 4.78 is 12.7. The molecule has 0 saturated carbocycles. The number of hydrogen-bond donors (Lipinski definition) is 0. The fourth-order valence-corrected chi connectivity index (χ4v) is 4.37. The molecule has 1 atom stereocenters. The number of piperazine rings is 1. The van der Waals surface area contributed by atoms with Gasteiger partial charge in [0.2, 0.25) is 0 Å². The maximum absolute atomic E-state index is 5.54. The number of aryl methyl sites for hydroxylation is 1. The fraction of sp³-hybridized carbons (Fsp3) is 0.320. The molecule has 0 bridgehead atoms. The van der Waals surface area contributed by atoms with Crippen molar-refractivity contribution >= 4 is 18.1 Å². The van der Waals surface area contributed by atoms with Crippen LogP contribution in [0.25, 0.3) is 0 Å². The highest BCUT2D eigenvalue weighted by Crippen LogP contribution is 2.30. The molecule has 3 heterocycles. The van der Waals surface area contributed by atoms with E-state index in [1.165, 1.54) is 16.8 Å². The summed E-state index contributed by atoms with van der Waals surface area (Å²) in [4.78, 5) is 4.88. The summed E-state index contributed by atoms with van der Waals surface area (Å²) in [5.41, 5.74) is 3.64. The Morgan fingerprint density at radius 2 is 1.71 bits per heavy atom. The van der Waals surface area contributed by atoms with Gasteiger partial charge in [-0.25, -0.2) is 4.68 Å². The quantitative estimate of drug-likeness (QED) is 0.396. The second kappa shape index (κ2) is 10.7. The Labute approximate surface area is 205 Å². The number of aromatic nitrogens is 4. The van der Waals surface area contributed by atoms with E-state index in [2.05, 4.69) is 68.6 Å². The first-order valence-corrected chi connectivity index (χ1v) is 11.2. The van der Waals surface area contributed by atoms with Crippen molar-refractivity contribution in [3.05, 3.63) is 89.6 Å². The molecule has 0 amide bonds.